The molecule has 0 saturated heterocycles. The van der Waals surface area contributed by atoms with E-state index in [1.54, 1.807) is 12.1 Å². The minimum absolute atomic E-state index is 0. The number of benzene rings is 3. The number of nitrogens with zero attached hydrogens (tertiary/aromatic N) is 2. The van der Waals surface area contributed by atoms with E-state index in [0.717, 1.165) is 27.8 Å². The smallest absolute Gasteiger partial charge is 0.239 e. The number of aromatic nitrogens is 2. The van der Waals surface area contributed by atoms with Gasteiger partial charge in [0.05, 0.1) is 22.7 Å². The van der Waals surface area contributed by atoms with Crippen LogP contribution in [0, 0.1) is 151 Å². The molecule has 0 aliphatic rings. The van der Waals surface area contributed by atoms with Crippen molar-refractivity contribution in [1.29, 1.82) is 0 Å². The number of anilines is 4. The van der Waals surface area contributed by atoms with Gasteiger partial charge < -0.3 is 22.9 Å². The van der Waals surface area contributed by atoms with Crippen molar-refractivity contribution in [3.05, 3.63) is 54.6 Å². The van der Waals surface area contributed by atoms with Crippen LogP contribution >= 0.6 is 0 Å². The quantitative estimate of drug-likeness (QED) is 0.185. The number of nitrogens with two attached hydrogens (primary N) is 4. The van der Waals surface area contributed by atoms with Gasteiger partial charge in [-0.3, -0.25) is 0 Å². The Morgan fingerprint density at radius 3 is 1.38 bits per heavy atom. The van der Waals surface area contributed by atoms with Crippen molar-refractivity contribution in [3.63, 3.8) is 0 Å². The first-order valence-electron chi connectivity index (χ1n) is 7.49. The molecular weight excluding hydrogens is 472 g/mol. The molecule has 8 N–H and O–H groups in total. The first-order chi connectivity index (χ1) is 11.5. The number of para-hydroxylation sites is 1. The van der Waals surface area contributed by atoms with Crippen molar-refractivity contribution < 1.29 is 156 Å². The average Bonchev–Trinajstić information content (AvgIpc) is 2.57. The Morgan fingerprint density at radius 1 is 0.586 bits per heavy atom. The SMILES string of the molecule is C.Nc1cc2nc3cc(N)c(N)cc3[n+](-c3ccccc3)c2cc1N.[Ar].[Ar].[Ar].[Ar]. The predicted molar refractivity (Wildman–Crippen MR) is 105 cm³/mol. The van der Waals surface area contributed by atoms with Gasteiger partial charge in [-0.25, -0.2) is 4.98 Å². The van der Waals surface area contributed by atoms with Crippen LogP contribution < -0.4 is 27.5 Å². The van der Waals surface area contributed by atoms with Crippen LogP contribution in [0.1, 0.15) is 7.43 Å². The number of hydrogen-bond donors (Lipinski definition) is 4. The first-order valence-corrected chi connectivity index (χ1v) is 7.49. The van der Waals surface area contributed by atoms with E-state index in [9.17, 15) is 0 Å². The molecule has 0 unspecified atom stereocenters. The topological polar surface area (TPSA) is 121 Å². The second-order valence-electron chi connectivity index (χ2n) is 5.72. The third-order valence-corrected chi connectivity index (χ3v) is 4.10. The van der Waals surface area contributed by atoms with Crippen molar-refractivity contribution in [2.75, 3.05) is 22.9 Å². The van der Waals surface area contributed by atoms with Gasteiger partial charge in [-0.15, -0.1) is 4.57 Å². The summed E-state index contributed by atoms with van der Waals surface area (Å²) >= 11 is 0. The van der Waals surface area contributed by atoms with E-state index in [4.69, 9.17) is 22.9 Å². The van der Waals surface area contributed by atoms with Gasteiger partial charge in [-0.1, -0.05) is 25.6 Å². The molecule has 0 amide bonds. The predicted octanol–water partition coefficient (Wildman–Crippen LogP) is 2.63. The monoisotopic (exact) mass is 493 g/mol. The van der Waals surface area contributed by atoms with E-state index in [1.165, 1.54) is 0 Å². The van der Waals surface area contributed by atoms with Gasteiger partial charge in [0.25, 0.3) is 0 Å². The van der Waals surface area contributed by atoms with Gasteiger partial charge >= 0.3 is 0 Å². The van der Waals surface area contributed by atoms with E-state index in [-0.39, 0.29) is 158 Å². The first kappa shape index (κ1) is 32.7. The summed E-state index contributed by atoms with van der Waals surface area (Å²) < 4.78 is 2.06. The molecule has 6 nitrogen and oxygen atoms in total. The standard InChI is InChI=1S/C18H16N6.CH4.4Ar/c19-11-6-15-17(8-13(11)21)24(10-4-2-1-3-5-10)18-9-14(22)12(20)7-16(18)23-15;;;;;/h1-9H,(H7,19,20,21,22,23);1H4;;;;/p+1. The third kappa shape index (κ3) is 6.75. The number of nitrogen functional groups attached to an aromatic ring is 4. The molecule has 0 radical (unpaired) electrons. The van der Waals surface area contributed by atoms with Gasteiger partial charge in [0.15, 0.2) is 0 Å². The van der Waals surface area contributed by atoms with Gasteiger partial charge in [0.2, 0.25) is 16.7 Å². The zero-order valence-electron chi connectivity index (χ0n) is 14.3. The molecule has 0 bridgehead atoms. The second kappa shape index (κ2) is 13.9. The summed E-state index contributed by atoms with van der Waals surface area (Å²) in [4.78, 5) is 4.68. The summed E-state index contributed by atoms with van der Waals surface area (Å²) in [5, 5.41) is 0. The molecule has 4 rings (SSSR count). The molecule has 10 heteroatoms. The zero-order valence-corrected chi connectivity index (χ0v) is 17.1. The van der Waals surface area contributed by atoms with Crippen molar-refractivity contribution in [2.45, 2.75) is 7.43 Å². The molecule has 0 aliphatic carbocycles. The van der Waals surface area contributed by atoms with Gasteiger partial charge in [0.1, 0.15) is 11.0 Å². The maximum Gasteiger partial charge on any atom is 0.239 e. The summed E-state index contributed by atoms with van der Waals surface area (Å²) in [6, 6.07) is 17.1. The van der Waals surface area contributed by atoms with Crippen LogP contribution in [-0.4, -0.2) is 4.98 Å². The van der Waals surface area contributed by atoms with Crippen LogP contribution in [-0.2, 0) is 0 Å². The fourth-order valence-corrected chi connectivity index (χ4v) is 2.87. The van der Waals surface area contributed by atoms with Crippen molar-refractivity contribution in [3.8, 4) is 5.69 Å². The Kier molecular flexibility index (Phi) is 15.7. The van der Waals surface area contributed by atoms with E-state index in [1.807, 2.05) is 42.5 Å². The molecule has 0 spiro atoms. The molecule has 158 valence electrons. The average molecular weight is 493 g/mol. The van der Waals surface area contributed by atoms with E-state index >= 15 is 0 Å². The molecule has 1 heterocycles. The van der Waals surface area contributed by atoms with E-state index in [2.05, 4.69) is 9.55 Å². The molecule has 0 aliphatic heterocycles. The third-order valence-electron chi connectivity index (χ3n) is 4.10. The molecule has 1 aromatic heterocycles. The van der Waals surface area contributed by atoms with Crippen LogP contribution in [0.15, 0.2) is 54.6 Å². The molecule has 0 saturated carbocycles. The molecule has 29 heavy (non-hydrogen) atoms. The summed E-state index contributed by atoms with van der Waals surface area (Å²) in [5.74, 6) is 0. The Morgan fingerprint density at radius 2 is 0.966 bits per heavy atom. The zero-order chi connectivity index (χ0) is 16.8. The van der Waals surface area contributed by atoms with Gasteiger partial charge in [-0.2, -0.15) is 0 Å². The summed E-state index contributed by atoms with van der Waals surface area (Å²) in [6.07, 6.45) is 0. The normalized spacial score (nSPS) is 9.24. The van der Waals surface area contributed by atoms with Crippen molar-refractivity contribution in [1.82, 2.24) is 4.98 Å². The number of rotatable bonds is 1. The fourth-order valence-electron chi connectivity index (χ4n) is 2.87. The Bertz CT molecular complexity index is 1040. The number of fused-ring (bicyclic) bond motifs is 2. The van der Waals surface area contributed by atoms with Gasteiger partial charge in [0, 0.05) is 175 Å². The Labute approximate surface area is 290 Å². The summed E-state index contributed by atoms with van der Waals surface area (Å²) in [7, 11) is 0. The molecule has 0 atom stereocenters. The maximum atomic E-state index is 6.02. The fraction of sp³-hybridized carbons (Fsp3) is 0.0526. The van der Waals surface area contributed by atoms with Crippen molar-refractivity contribution in [2.24, 2.45) is 0 Å². The van der Waals surface area contributed by atoms with E-state index < -0.39 is 0 Å². The van der Waals surface area contributed by atoms with E-state index in [0.29, 0.717) is 22.7 Å². The van der Waals surface area contributed by atoms with Crippen LogP contribution in [0.5, 0.6) is 0 Å². The molecular formula is C19H21Ar4N6+. The van der Waals surface area contributed by atoms with Gasteiger partial charge in [-0.05, 0) is 12.1 Å². The maximum absolute atomic E-state index is 6.02. The largest absolute Gasteiger partial charge is 0.397 e. The van der Waals surface area contributed by atoms with Crippen LogP contribution in [0.3, 0.4) is 0 Å². The summed E-state index contributed by atoms with van der Waals surface area (Å²) in [6.45, 7) is 0. The van der Waals surface area contributed by atoms with Crippen LogP contribution in [0.2, 0.25) is 0 Å². The molecule has 0 fully saturated rings. The Hall–Kier alpha value is 1.50. The summed E-state index contributed by atoms with van der Waals surface area (Å²) in [5.41, 5.74) is 30.1. The molecule has 3 aromatic carbocycles. The second-order valence-corrected chi connectivity index (χ2v) is 5.72. The minimum atomic E-state index is 0. The minimum Gasteiger partial charge on any atom is -0.397 e. The van der Waals surface area contributed by atoms with Crippen LogP contribution in [0.25, 0.3) is 27.8 Å². The Balaban J connectivity index is 0. The number of hydrogen-bond acceptors (Lipinski definition) is 5. The van der Waals surface area contributed by atoms with Crippen molar-refractivity contribution >= 4 is 44.8 Å². The molecule has 4 aromatic rings. The van der Waals surface area contributed by atoms with Crippen LogP contribution in [0.4, 0.5) is 22.7 Å².